The fourth-order valence-corrected chi connectivity index (χ4v) is 3.00. The van der Waals surface area contributed by atoms with Crippen LogP contribution >= 0.6 is 0 Å². The molecule has 1 aromatic carbocycles. The maximum atomic E-state index is 14.1. The van der Waals surface area contributed by atoms with Gasteiger partial charge in [-0.25, -0.2) is 9.07 Å². The van der Waals surface area contributed by atoms with Gasteiger partial charge >= 0.3 is 0 Å². The number of aromatic amines is 1. The third kappa shape index (κ3) is 2.36. The number of amides is 1. The standard InChI is InChI=1S/C16H15FN6O/c1-9-18-16(21-20-9)19-15(24)14-10-5-4-8-12(10)23(22-14)13-7-3-2-6-11(13)17/h2-3,6-7H,4-5,8H2,1H3,(H2,18,19,20,21,24). The molecular weight excluding hydrogens is 311 g/mol. The smallest absolute Gasteiger partial charge is 0.278 e. The minimum absolute atomic E-state index is 0.199. The molecule has 0 bridgehead atoms. The van der Waals surface area contributed by atoms with Crippen LogP contribution in [0.2, 0.25) is 0 Å². The van der Waals surface area contributed by atoms with Gasteiger partial charge in [-0.2, -0.15) is 10.1 Å². The first-order chi connectivity index (χ1) is 11.6. The molecule has 0 saturated heterocycles. The summed E-state index contributed by atoms with van der Waals surface area (Å²) in [6.45, 7) is 1.74. The van der Waals surface area contributed by atoms with Crippen molar-refractivity contribution < 1.29 is 9.18 Å². The number of aryl methyl sites for hydroxylation is 1. The number of carbonyl (C=O) groups excluding carboxylic acids is 1. The first kappa shape index (κ1) is 14.6. The second-order valence-corrected chi connectivity index (χ2v) is 5.69. The molecule has 122 valence electrons. The predicted octanol–water partition coefficient (Wildman–Crippen LogP) is 2.18. The van der Waals surface area contributed by atoms with E-state index in [1.54, 1.807) is 25.1 Å². The Balaban J connectivity index is 1.73. The summed E-state index contributed by atoms with van der Waals surface area (Å²) >= 11 is 0. The highest BCUT2D eigenvalue weighted by molar-refractivity contribution is 6.03. The normalized spacial score (nSPS) is 13.1. The van der Waals surface area contributed by atoms with Gasteiger partial charge in [0.1, 0.15) is 17.3 Å². The molecule has 4 rings (SSSR count). The molecule has 3 aromatic rings. The molecule has 0 spiro atoms. The van der Waals surface area contributed by atoms with Gasteiger partial charge in [0, 0.05) is 11.3 Å². The Morgan fingerprint density at radius 1 is 1.33 bits per heavy atom. The molecule has 0 unspecified atom stereocenters. The first-order valence-electron chi connectivity index (χ1n) is 7.69. The summed E-state index contributed by atoms with van der Waals surface area (Å²) < 4.78 is 15.7. The topological polar surface area (TPSA) is 88.5 Å². The van der Waals surface area contributed by atoms with Crippen molar-refractivity contribution in [1.29, 1.82) is 0 Å². The molecule has 0 aliphatic heterocycles. The van der Waals surface area contributed by atoms with Crippen LogP contribution in [0.1, 0.15) is 34.0 Å². The van der Waals surface area contributed by atoms with Crippen LogP contribution in [-0.4, -0.2) is 30.9 Å². The number of halogens is 1. The number of H-pyrrole nitrogens is 1. The molecular formula is C16H15FN6O. The number of nitrogens with one attached hydrogen (secondary N) is 2. The summed E-state index contributed by atoms with van der Waals surface area (Å²) in [6, 6.07) is 6.41. The van der Waals surface area contributed by atoms with Gasteiger partial charge in [-0.15, -0.1) is 5.10 Å². The molecule has 0 radical (unpaired) electrons. The zero-order chi connectivity index (χ0) is 16.7. The maximum Gasteiger partial charge on any atom is 0.278 e. The van der Waals surface area contributed by atoms with Gasteiger partial charge < -0.3 is 0 Å². The lowest BCUT2D eigenvalue weighted by Crippen LogP contribution is -2.16. The molecule has 1 aliphatic carbocycles. The Kier molecular flexibility index (Phi) is 3.37. The van der Waals surface area contributed by atoms with Crippen molar-refractivity contribution in [3.05, 3.63) is 52.9 Å². The third-order valence-electron chi connectivity index (χ3n) is 4.05. The third-order valence-corrected chi connectivity index (χ3v) is 4.05. The predicted molar refractivity (Wildman–Crippen MR) is 84.6 cm³/mol. The molecule has 0 saturated carbocycles. The summed E-state index contributed by atoms with van der Waals surface area (Å²) in [7, 11) is 0. The van der Waals surface area contributed by atoms with Crippen molar-refractivity contribution in [3.8, 4) is 5.69 Å². The van der Waals surface area contributed by atoms with Crippen molar-refractivity contribution >= 4 is 11.9 Å². The van der Waals surface area contributed by atoms with Gasteiger partial charge in [-0.05, 0) is 38.3 Å². The van der Waals surface area contributed by atoms with E-state index in [1.807, 2.05) is 0 Å². The first-order valence-corrected chi connectivity index (χ1v) is 7.69. The molecule has 8 heteroatoms. The van der Waals surface area contributed by atoms with Crippen LogP contribution < -0.4 is 5.32 Å². The molecule has 24 heavy (non-hydrogen) atoms. The summed E-state index contributed by atoms with van der Waals surface area (Å²) in [5.74, 6) is 0.0468. The molecule has 1 amide bonds. The average molecular weight is 326 g/mol. The molecule has 2 N–H and O–H groups in total. The van der Waals surface area contributed by atoms with Crippen LogP contribution in [0, 0.1) is 12.7 Å². The van der Waals surface area contributed by atoms with E-state index in [4.69, 9.17) is 0 Å². The summed E-state index contributed by atoms with van der Waals surface area (Å²) in [5, 5.41) is 13.5. The number of aromatic nitrogens is 5. The van der Waals surface area contributed by atoms with Gasteiger partial charge in [0.25, 0.3) is 5.91 Å². The van der Waals surface area contributed by atoms with Crippen LogP contribution in [0.5, 0.6) is 0 Å². The van der Waals surface area contributed by atoms with Crippen molar-refractivity contribution in [2.24, 2.45) is 0 Å². The van der Waals surface area contributed by atoms with Crippen LogP contribution in [0.4, 0.5) is 10.3 Å². The molecule has 2 aromatic heterocycles. The van der Waals surface area contributed by atoms with Gasteiger partial charge in [0.05, 0.1) is 0 Å². The minimum Gasteiger partial charge on any atom is -0.288 e. The minimum atomic E-state index is -0.387. The van der Waals surface area contributed by atoms with Gasteiger partial charge in [0.2, 0.25) is 5.95 Å². The van der Waals surface area contributed by atoms with Crippen molar-refractivity contribution in [3.63, 3.8) is 0 Å². The number of anilines is 1. The highest BCUT2D eigenvalue weighted by Crippen LogP contribution is 2.28. The lowest BCUT2D eigenvalue weighted by molar-refractivity contribution is 0.102. The van der Waals surface area contributed by atoms with Gasteiger partial charge in [-0.3, -0.25) is 15.2 Å². The fraction of sp³-hybridized carbons (Fsp3) is 0.250. The van der Waals surface area contributed by atoms with Crippen LogP contribution in [0.3, 0.4) is 0 Å². The zero-order valence-electron chi connectivity index (χ0n) is 13.0. The average Bonchev–Trinajstić information content (AvgIpc) is 3.24. The Labute approximate surface area is 136 Å². The molecule has 2 heterocycles. The number of hydrogen-bond donors (Lipinski definition) is 2. The fourth-order valence-electron chi connectivity index (χ4n) is 3.00. The van der Waals surface area contributed by atoms with E-state index >= 15 is 0 Å². The van der Waals surface area contributed by atoms with Crippen molar-refractivity contribution in [2.45, 2.75) is 26.2 Å². The highest BCUT2D eigenvalue weighted by atomic mass is 19.1. The van der Waals surface area contributed by atoms with Crippen LogP contribution in [-0.2, 0) is 12.8 Å². The van der Waals surface area contributed by atoms with Crippen molar-refractivity contribution in [2.75, 3.05) is 5.32 Å². The second-order valence-electron chi connectivity index (χ2n) is 5.69. The number of rotatable bonds is 3. The van der Waals surface area contributed by atoms with Gasteiger partial charge in [0.15, 0.2) is 5.69 Å². The van der Waals surface area contributed by atoms with E-state index in [1.165, 1.54) is 10.7 Å². The summed E-state index contributed by atoms with van der Waals surface area (Å²) in [6.07, 6.45) is 2.44. The number of fused-ring (bicyclic) bond motifs is 1. The SMILES string of the molecule is Cc1nc(NC(=O)c2nn(-c3ccccc3F)c3c2CCC3)n[nH]1. The largest absolute Gasteiger partial charge is 0.288 e. The zero-order valence-corrected chi connectivity index (χ0v) is 13.0. The van der Waals surface area contributed by atoms with E-state index in [9.17, 15) is 9.18 Å². The summed E-state index contributed by atoms with van der Waals surface area (Å²) in [4.78, 5) is 16.6. The maximum absolute atomic E-state index is 14.1. The van der Waals surface area contributed by atoms with Crippen LogP contribution in [0.15, 0.2) is 24.3 Å². The molecule has 0 atom stereocenters. The monoisotopic (exact) mass is 326 g/mol. The van der Waals surface area contributed by atoms with Gasteiger partial charge in [-0.1, -0.05) is 12.1 Å². The van der Waals surface area contributed by atoms with Crippen molar-refractivity contribution in [1.82, 2.24) is 25.0 Å². The number of nitrogens with zero attached hydrogens (tertiary/aromatic N) is 4. The lowest BCUT2D eigenvalue weighted by Gasteiger charge is -2.06. The molecule has 0 fully saturated rings. The van der Waals surface area contributed by atoms with E-state index in [-0.39, 0.29) is 17.7 Å². The van der Waals surface area contributed by atoms with E-state index in [2.05, 4.69) is 25.6 Å². The van der Waals surface area contributed by atoms with E-state index < -0.39 is 0 Å². The Hall–Kier alpha value is -3.03. The quantitative estimate of drug-likeness (QED) is 0.772. The van der Waals surface area contributed by atoms with Crippen LogP contribution in [0.25, 0.3) is 5.69 Å². The Bertz CT molecular complexity index is 929. The molecule has 7 nitrogen and oxygen atoms in total. The number of para-hydroxylation sites is 1. The molecule has 1 aliphatic rings. The summed E-state index contributed by atoms with van der Waals surface area (Å²) in [5.41, 5.74) is 2.40. The Morgan fingerprint density at radius 3 is 2.92 bits per heavy atom. The highest BCUT2D eigenvalue weighted by Gasteiger charge is 2.28. The van der Waals surface area contributed by atoms with E-state index in [0.29, 0.717) is 17.2 Å². The number of carbonyl (C=O) groups is 1. The number of benzene rings is 1. The lowest BCUT2D eigenvalue weighted by atomic mass is 10.2. The Morgan fingerprint density at radius 2 is 2.17 bits per heavy atom. The second kappa shape index (κ2) is 5.55. The van der Waals surface area contributed by atoms with E-state index in [0.717, 1.165) is 30.5 Å². The number of hydrogen-bond acceptors (Lipinski definition) is 4.